The third kappa shape index (κ3) is 3.44. The molecule has 2 aromatic heterocycles. The van der Waals surface area contributed by atoms with Gasteiger partial charge in [0.25, 0.3) is 0 Å². The molecule has 25 heavy (non-hydrogen) atoms. The minimum Gasteiger partial charge on any atom is -0.376 e. The van der Waals surface area contributed by atoms with E-state index in [0.29, 0.717) is 18.5 Å². The maximum atomic E-state index is 5.97. The van der Waals surface area contributed by atoms with Gasteiger partial charge in [-0.15, -0.1) is 10.2 Å². The summed E-state index contributed by atoms with van der Waals surface area (Å²) in [5, 5.41) is 11.7. The van der Waals surface area contributed by atoms with Gasteiger partial charge < -0.3 is 19.5 Å². The maximum Gasteiger partial charge on any atom is 0.227 e. The molecule has 2 atom stereocenters. The summed E-state index contributed by atoms with van der Waals surface area (Å²) in [5.74, 6) is 3.02. The highest BCUT2D eigenvalue weighted by atomic mass is 16.5. The van der Waals surface area contributed by atoms with Gasteiger partial charge in [-0.05, 0) is 24.8 Å². The highest BCUT2D eigenvalue weighted by molar-refractivity contribution is 5.42. The number of hydrogen-bond donors (Lipinski definition) is 1. The van der Waals surface area contributed by atoms with E-state index in [1.165, 1.54) is 0 Å². The van der Waals surface area contributed by atoms with Gasteiger partial charge in [-0.25, -0.2) is 4.98 Å². The minimum absolute atomic E-state index is 0.223. The van der Waals surface area contributed by atoms with E-state index in [0.717, 1.165) is 50.1 Å². The lowest BCUT2D eigenvalue weighted by Gasteiger charge is -2.35. The SMILES string of the molecule is CC(C)[C@H]1OCCC[C@H]1Nc1ccnc(N2CCn3cnnc3C2)n1. The molecule has 8 heteroatoms. The lowest BCUT2D eigenvalue weighted by atomic mass is 9.94. The average molecular weight is 343 g/mol. The second kappa shape index (κ2) is 6.95. The van der Waals surface area contributed by atoms with Crippen LogP contribution in [0.25, 0.3) is 0 Å². The molecule has 0 spiro atoms. The molecular weight excluding hydrogens is 318 g/mol. The number of ether oxygens (including phenoxy) is 1. The van der Waals surface area contributed by atoms with Crippen LogP contribution in [0, 0.1) is 5.92 Å². The Kier molecular flexibility index (Phi) is 4.52. The van der Waals surface area contributed by atoms with E-state index >= 15 is 0 Å². The van der Waals surface area contributed by atoms with Crippen LogP contribution in [0.2, 0.25) is 0 Å². The molecule has 2 aliphatic heterocycles. The minimum atomic E-state index is 0.223. The number of hydrogen-bond acceptors (Lipinski definition) is 7. The predicted molar refractivity (Wildman–Crippen MR) is 94.3 cm³/mol. The van der Waals surface area contributed by atoms with Crippen molar-refractivity contribution in [1.29, 1.82) is 0 Å². The topological polar surface area (TPSA) is 81.0 Å². The van der Waals surface area contributed by atoms with E-state index in [1.807, 2.05) is 12.3 Å². The molecule has 0 saturated carbocycles. The summed E-state index contributed by atoms with van der Waals surface area (Å²) in [6.07, 6.45) is 6.01. The molecular formula is C17H25N7O. The Morgan fingerprint density at radius 1 is 1.32 bits per heavy atom. The van der Waals surface area contributed by atoms with Crippen molar-refractivity contribution < 1.29 is 4.74 Å². The zero-order valence-corrected chi connectivity index (χ0v) is 14.8. The fourth-order valence-corrected chi connectivity index (χ4v) is 3.62. The Labute approximate surface area is 147 Å². The molecule has 2 aromatic rings. The number of rotatable bonds is 4. The zero-order valence-electron chi connectivity index (χ0n) is 14.8. The first kappa shape index (κ1) is 16.3. The summed E-state index contributed by atoms with van der Waals surface area (Å²) >= 11 is 0. The van der Waals surface area contributed by atoms with Gasteiger partial charge >= 0.3 is 0 Å². The smallest absolute Gasteiger partial charge is 0.227 e. The lowest BCUT2D eigenvalue weighted by molar-refractivity contribution is -0.0203. The Morgan fingerprint density at radius 2 is 2.24 bits per heavy atom. The van der Waals surface area contributed by atoms with Gasteiger partial charge in [0.2, 0.25) is 5.95 Å². The molecule has 4 rings (SSSR count). The summed E-state index contributed by atoms with van der Waals surface area (Å²) in [6, 6.07) is 2.23. The van der Waals surface area contributed by atoms with Gasteiger partial charge in [0.05, 0.1) is 18.7 Å². The molecule has 1 fully saturated rings. The molecule has 0 aliphatic carbocycles. The Bertz CT molecular complexity index is 717. The predicted octanol–water partition coefficient (Wildman–Crippen LogP) is 1.70. The molecule has 134 valence electrons. The van der Waals surface area contributed by atoms with Gasteiger partial charge in [-0.1, -0.05) is 13.8 Å². The zero-order chi connectivity index (χ0) is 17.2. The summed E-state index contributed by atoms with van der Waals surface area (Å²) in [4.78, 5) is 11.3. The summed E-state index contributed by atoms with van der Waals surface area (Å²) in [6.45, 7) is 7.67. The highest BCUT2D eigenvalue weighted by Crippen LogP contribution is 2.24. The van der Waals surface area contributed by atoms with E-state index in [1.54, 1.807) is 6.33 Å². The molecule has 4 heterocycles. The third-order valence-electron chi connectivity index (χ3n) is 4.92. The Morgan fingerprint density at radius 3 is 3.12 bits per heavy atom. The lowest BCUT2D eigenvalue weighted by Crippen LogP contribution is -2.43. The van der Waals surface area contributed by atoms with E-state index in [9.17, 15) is 0 Å². The van der Waals surface area contributed by atoms with Crippen molar-refractivity contribution >= 4 is 11.8 Å². The fraction of sp³-hybridized carbons (Fsp3) is 0.647. The molecule has 0 unspecified atom stereocenters. The Balaban J connectivity index is 1.48. The van der Waals surface area contributed by atoms with Crippen LogP contribution in [0.3, 0.4) is 0 Å². The van der Waals surface area contributed by atoms with E-state index in [-0.39, 0.29) is 6.10 Å². The van der Waals surface area contributed by atoms with Crippen molar-refractivity contribution in [2.75, 3.05) is 23.4 Å². The number of fused-ring (bicyclic) bond motifs is 1. The van der Waals surface area contributed by atoms with Crippen LogP contribution in [0.5, 0.6) is 0 Å². The van der Waals surface area contributed by atoms with Crippen LogP contribution in [0.1, 0.15) is 32.5 Å². The summed E-state index contributed by atoms with van der Waals surface area (Å²) in [7, 11) is 0. The fourth-order valence-electron chi connectivity index (χ4n) is 3.62. The molecule has 0 bridgehead atoms. The first-order chi connectivity index (χ1) is 12.2. The van der Waals surface area contributed by atoms with E-state index < -0.39 is 0 Å². The van der Waals surface area contributed by atoms with Crippen molar-refractivity contribution in [3.8, 4) is 0 Å². The van der Waals surface area contributed by atoms with Crippen LogP contribution in [0.4, 0.5) is 11.8 Å². The first-order valence-corrected chi connectivity index (χ1v) is 9.03. The molecule has 0 amide bonds. The Hall–Kier alpha value is -2.22. The maximum absolute atomic E-state index is 5.97. The van der Waals surface area contributed by atoms with Gasteiger partial charge in [-0.3, -0.25) is 0 Å². The second-order valence-corrected chi connectivity index (χ2v) is 7.08. The molecule has 2 aliphatic rings. The van der Waals surface area contributed by atoms with Crippen molar-refractivity contribution in [2.45, 2.75) is 51.9 Å². The monoisotopic (exact) mass is 343 g/mol. The van der Waals surface area contributed by atoms with Crippen LogP contribution in [-0.4, -0.2) is 50.0 Å². The van der Waals surface area contributed by atoms with Crippen molar-refractivity contribution in [3.63, 3.8) is 0 Å². The van der Waals surface area contributed by atoms with Crippen LogP contribution in [-0.2, 0) is 17.8 Å². The van der Waals surface area contributed by atoms with Gasteiger partial charge in [-0.2, -0.15) is 4.98 Å². The van der Waals surface area contributed by atoms with Crippen LogP contribution < -0.4 is 10.2 Å². The van der Waals surface area contributed by atoms with Gasteiger partial charge in [0.1, 0.15) is 12.1 Å². The standard InChI is InChI=1S/C17H25N7O/c1-12(2)16-13(4-3-9-25-16)20-14-5-6-18-17(21-14)23-7-8-24-11-19-22-15(24)10-23/h5-6,11-13,16H,3-4,7-10H2,1-2H3,(H,18,20,21)/t13-,16-/m1/s1. The largest absolute Gasteiger partial charge is 0.376 e. The van der Waals surface area contributed by atoms with Crippen LogP contribution >= 0.6 is 0 Å². The van der Waals surface area contributed by atoms with Crippen molar-refractivity contribution in [1.82, 2.24) is 24.7 Å². The highest BCUT2D eigenvalue weighted by Gasteiger charge is 2.29. The molecule has 1 saturated heterocycles. The van der Waals surface area contributed by atoms with Gasteiger partial charge in [0, 0.05) is 25.9 Å². The molecule has 0 aromatic carbocycles. The number of nitrogens with one attached hydrogen (secondary N) is 1. The number of anilines is 2. The van der Waals surface area contributed by atoms with Crippen molar-refractivity contribution in [2.24, 2.45) is 5.92 Å². The van der Waals surface area contributed by atoms with Crippen LogP contribution in [0.15, 0.2) is 18.6 Å². The third-order valence-corrected chi connectivity index (χ3v) is 4.92. The molecule has 8 nitrogen and oxygen atoms in total. The number of aromatic nitrogens is 5. The molecule has 0 radical (unpaired) electrons. The van der Waals surface area contributed by atoms with E-state index in [4.69, 9.17) is 9.72 Å². The average Bonchev–Trinajstić information content (AvgIpc) is 3.10. The first-order valence-electron chi connectivity index (χ1n) is 9.03. The second-order valence-electron chi connectivity index (χ2n) is 7.08. The number of nitrogens with zero attached hydrogens (tertiary/aromatic N) is 6. The quantitative estimate of drug-likeness (QED) is 0.905. The van der Waals surface area contributed by atoms with Crippen molar-refractivity contribution in [3.05, 3.63) is 24.4 Å². The van der Waals surface area contributed by atoms with Gasteiger partial charge in [0.15, 0.2) is 5.82 Å². The normalized spacial score (nSPS) is 23.6. The van der Waals surface area contributed by atoms with E-state index in [2.05, 4.69) is 43.8 Å². The summed E-state index contributed by atoms with van der Waals surface area (Å²) in [5.41, 5.74) is 0. The molecule has 1 N–H and O–H groups in total. The summed E-state index contributed by atoms with van der Waals surface area (Å²) < 4.78 is 8.04.